The summed E-state index contributed by atoms with van der Waals surface area (Å²) in [4.78, 5) is 2.12. The van der Waals surface area contributed by atoms with Crippen LogP contribution in [0.3, 0.4) is 0 Å². The lowest BCUT2D eigenvalue weighted by Gasteiger charge is -2.17. The lowest BCUT2D eigenvalue weighted by molar-refractivity contribution is 0.400. The third kappa shape index (κ3) is 7.76. The number of aromatic hydroxyl groups is 1. The summed E-state index contributed by atoms with van der Waals surface area (Å²) in [5, 5.41) is 17.1. The Kier molecular flexibility index (Phi) is 8.51. The minimum Gasteiger partial charge on any atom is -0.507 e. The predicted molar refractivity (Wildman–Crippen MR) is 96.2 cm³/mol. The van der Waals surface area contributed by atoms with E-state index in [9.17, 15) is 5.11 Å². The van der Waals surface area contributed by atoms with Crippen LogP contribution in [0.1, 0.15) is 30.5 Å². The van der Waals surface area contributed by atoms with Crippen LogP contribution in [0.5, 0.6) is 5.75 Å². The summed E-state index contributed by atoms with van der Waals surface area (Å²) in [5.74, 6) is 0.349. The number of nitrogens with one attached hydrogen (secondary N) is 2. The van der Waals surface area contributed by atoms with Gasteiger partial charge in [-0.25, -0.2) is 0 Å². The fourth-order valence-corrected chi connectivity index (χ4v) is 2.43. The largest absolute Gasteiger partial charge is 0.507 e. The quantitative estimate of drug-likeness (QED) is 0.425. The number of benzene rings is 1. The van der Waals surface area contributed by atoms with Gasteiger partial charge in [-0.2, -0.15) is 0 Å². The Morgan fingerprint density at radius 2 is 1.43 bits per heavy atom. The molecule has 0 heterocycles. The number of hydrogen-bond acceptors (Lipinski definition) is 6. The maximum atomic E-state index is 10.5. The molecule has 0 amide bonds. The number of nitrogens with two attached hydrogens (primary N) is 2. The van der Waals surface area contributed by atoms with Crippen LogP contribution in [0.25, 0.3) is 0 Å². The first-order chi connectivity index (χ1) is 10.8. The van der Waals surface area contributed by atoms with E-state index in [1.807, 2.05) is 27.9 Å². The minimum atomic E-state index is 0.0919. The third-order valence-electron chi connectivity index (χ3n) is 3.39. The lowest BCUT2D eigenvalue weighted by Crippen LogP contribution is -2.31. The number of rotatable bonds is 10. The molecule has 132 valence electrons. The van der Waals surface area contributed by atoms with Crippen LogP contribution in [0, 0.1) is 0 Å². The maximum Gasteiger partial charge on any atom is 0.124 e. The van der Waals surface area contributed by atoms with Gasteiger partial charge in [0.05, 0.1) is 0 Å². The Hall–Kier alpha value is -1.18. The molecule has 0 fully saturated rings. The van der Waals surface area contributed by atoms with Crippen molar-refractivity contribution in [2.45, 2.75) is 45.6 Å². The van der Waals surface area contributed by atoms with Crippen LogP contribution in [-0.2, 0) is 19.6 Å². The van der Waals surface area contributed by atoms with Crippen molar-refractivity contribution < 1.29 is 5.11 Å². The van der Waals surface area contributed by atoms with Gasteiger partial charge in [0.15, 0.2) is 0 Å². The Labute approximate surface area is 140 Å². The predicted octanol–water partition coefficient (Wildman–Crippen LogP) is 0.327. The van der Waals surface area contributed by atoms with Crippen molar-refractivity contribution in [1.82, 2.24) is 15.5 Å². The second-order valence-electron chi connectivity index (χ2n) is 6.72. The Balaban J connectivity index is 2.88. The van der Waals surface area contributed by atoms with Crippen LogP contribution < -0.4 is 22.1 Å². The molecule has 1 aromatic carbocycles. The van der Waals surface area contributed by atoms with E-state index in [-0.39, 0.29) is 12.1 Å². The second kappa shape index (κ2) is 9.85. The Morgan fingerprint density at radius 3 is 1.78 bits per heavy atom. The zero-order valence-corrected chi connectivity index (χ0v) is 14.9. The monoisotopic (exact) mass is 323 g/mol. The minimum absolute atomic E-state index is 0.0919. The van der Waals surface area contributed by atoms with Crippen molar-refractivity contribution in [2.75, 3.05) is 27.2 Å². The van der Waals surface area contributed by atoms with Gasteiger partial charge in [0.2, 0.25) is 0 Å². The van der Waals surface area contributed by atoms with Gasteiger partial charge < -0.3 is 32.1 Å². The van der Waals surface area contributed by atoms with E-state index >= 15 is 0 Å². The second-order valence-corrected chi connectivity index (χ2v) is 6.72. The van der Waals surface area contributed by atoms with Crippen molar-refractivity contribution >= 4 is 0 Å². The summed E-state index contributed by atoms with van der Waals surface area (Å²) in [6.45, 7) is 7.40. The molecule has 0 saturated carbocycles. The van der Waals surface area contributed by atoms with Crippen molar-refractivity contribution in [3.8, 4) is 5.75 Å². The van der Waals surface area contributed by atoms with Gasteiger partial charge in [0.25, 0.3) is 0 Å². The summed E-state index contributed by atoms with van der Waals surface area (Å²) in [5.41, 5.74) is 14.5. The van der Waals surface area contributed by atoms with E-state index in [1.54, 1.807) is 0 Å². The summed E-state index contributed by atoms with van der Waals surface area (Å²) in [6, 6.07) is 4.29. The van der Waals surface area contributed by atoms with Gasteiger partial charge in [-0.1, -0.05) is 0 Å². The molecule has 0 radical (unpaired) electrons. The molecule has 0 bridgehead atoms. The molecule has 2 atom stereocenters. The molecule has 2 unspecified atom stereocenters. The van der Waals surface area contributed by atoms with E-state index in [4.69, 9.17) is 11.5 Å². The molecule has 0 aliphatic carbocycles. The first kappa shape index (κ1) is 19.9. The molecule has 23 heavy (non-hydrogen) atoms. The molecule has 0 aliphatic rings. The highest BCUT2D eigenvalue weighted by Gasteiger charge is 2.11. The molecule has 1 rings (SSSR count). The molecular formula is C17H33N5O. The lowest BCUT2D eigenvalue weighted by atomic mass is 10.0. The third-order valence-corrected chi connectivity index (χ3v) is 3.39. The van der Waals surface area contributed by atoms with E-state index in [1.165, 1.54) is 5.56 Å². The van der Waals surface area contributed by atoms with E-state index < -0.39 is 0 Å². The van der Waals surface area contributed by atoms with Gasteiger partial charge in [-0.3, -0.25) is 0 Å². The average molecular weight is 323 g/mol. The van der Waals surface area contributed by atoms with Crippen LogP contribution >= 0.6 is 0 Å². The molecular weight excluding hydrogens is 290 g/mol. The number of nitrogens with zero attached hydrogens (tertiary/aromatic N) is 1. The van der Waals surface area contributed by atoms with E-state index in [0.717, 1.165) is 30.8 Å². The SMILES string of the molecule is CC(N)CNCc1cc(CN(C)C)cc(CNCC(C)N)c1O. The standard InChI is InChI=1S/C17H33N5O/c1-12(18)7-20-9-15-5-14(11-22(3)4)6-16(17(15)23)10-21-8-13(2)19/h5-6,12-13,20-21,23H,7-11,18-19H2,1-4H3. The number of phenols is 1. The molecule has 0 aromatic heterocycles. The van der Waals surface area contributed by atoms with Gasteiger partial charge in [-0.15, -0.1) is 0 Å². The Bertz CT molecular complexity index is 439. The number of hydrogen-bond donors (Lipinski definition) is 5. The topological polar surface area (TPSA) is 99.6 Å². The highest BCUT2D eigenvalue weighted by atomic mass is 16.3. The molecule has 7 N–H and O–H groups in total. The van der Waals surface area contributed by atoms with Gasteiger partial charge in [-0.05, 0) is 45.6 Å². The van der Waals surface area contributed by atoms with Crippen LogP contribution in [0.2, 0.25) is 0 Å². The molecule has 1 aromatic rings. The molecule has 6 nitrogen and oxygen atoms in total. The van der Waals surface area contributed by atoms with Crippen molar-refractivity contribution in [3.63, 3.8) is 0 Å². The highest BCUT2D eigenvalue weighted by Crippen LogP contribution is 2.25. The normalized spacial score (nSPS) is 14.2. The zero-order valence-electron chi connectivity index (χ0n) is 14.9. The fourth-order valence-electron chi connectivity index (χ4n) is 2.43. The first-order valence-electron chi connectivity index (χ1n) is 8.20. The van der Waals surface area contributed by atoms with Gasteiger partial charge in [0, 0.05) is 55.9 Å². The maximum absolute atomic E-state index is 10.5. The van der Waals surface area contributed by atoms with Crippen molar-refractivity contribution in [2.24, 2.45) is 11.5 Å². The fraction of sp³-hybridized carbons (Fsp3) is 0.647. The smallest absolute Gasteiger partial charge is 0.124 e. The van der Waals surface area contributed by atoms with Crippen molar-refractivity contribution in [3.05, 3.63) is 28.8 Å². The highest BCUT2D eigenvalue weighted by molar-refractivity contribution is 5.44. The van der Waals surface area contributed by atoms with Crippen molar-refractivity contribution in [1.29, 1.82) is 0 Å². The summed E-state index contributed by atoms with van der Waals surface area (Å²) < 4.78 is 0. The molecule has 0 aliphatic heterocycles. The van der Waals surface area contributed by atoms with Gasteiger partial charge >= 0.3 is 0 Å². The summed E-state index contributed by atoms with van der Waals surface area (Å²) >= 11 is 0. The summed E-state index contributed by atoms with van der Waals surface area (Å²) in [7, 11) is 4.07. The molecule has 0 spiro atoms. The van der Waals surface area contributed by atoms with Crippen LogP contribution in [0.15, 0.2) is 12.1 Å². The molecule has 6 heteroatoms. The van der Waals surface area contributed by atoms with Crippen LogP contribution in [0.4, 0.5) is 0 Å². The Morgan fingerprint density at radius 1 is 1.00 bits per heavy atom. The zero-order chi connectivity index (χ0) is 17.4. The van der Waals surface area contributed by atoms with E-state index in [0.29, 0.717) is 18.8 Å². The van der Waals surface area contributed by atoms with Gasteiger partial charge in [0.1, 0.15) is 5.75 Å². The number of phenolic OH excluding ortho intramolecular Hbond substituents is 1. The van der Waals surface area contributed by atoms with Crippen LogP contribution in [-0.4, -0.2) is 49.3 Å². The average Bonchev–Trinajstić information content (AvgIpc) is 2.41. The summed E-state index contributed by atoms with van der Waals surface area (Å²) in [6.07, 6.45) is 0. The first-order valence-corrected chi connectivity index (χ1v) is 8.20. The van der Waals surface area contributed by atoms with E-state index in [2.05, 4.69) is 27.7 Å². The molecule has 0 saturated heterocycles.